The topological polar surface area (TPSA) is 71.3 Å². The first-order valence-electron chi connectivity index (χ1n) is 22.9. The number of fused-ring (bicyclic) bond motifs is 15. The molecule has 316 valence electrons. The second-order valence-electron chi connectivity index (χ2n) is 17.4. The molecule has 0 aliphatic rings. The summed E-state index contributed by atoms with van der Waals surface area (Å²) in [5.41, 5.74) is 12.9. The molecule has 0 unspecified atom stereocenters. The van der Waals surface area contributed by atoms with Crippen LogP contribution in [0.4, 0.5) is 0 Å². The van der Waals surface area contributed by atoms with Gasteiger partial charge in [-0.05, 0) is 48.5 Å². The second-order valence-corrected chi connectivity index (χ2v) is 17.4. The zero-order valence-corrected chi connectivity index (χ0v) is 36.4. The predicted octanol–water partition coefficient (Wildman–Crippen LogP) is 14.5. The van der Waals surface area contributed by atoms with E-state index in [1.165, 1.54) is 10.8 Å². The van der Waals surface area contributed by atoms with Crippen molar-refractivity contribution in [2.24, 2.45) is 0 Å². The molecule has 0 bridgehead atoms. The monoisotopic (exact) mass is 868 g/mol. The lowest BCUT2D eigenvalue weighted by molar-refractivity contribution is 0.969. The van der Waals surface area contributed by atoms with Gasteiger partial charge in [-0.25, -0.2) is 9.97 Å². The average molecular weight is 869 g/mol. The molecule has 0 atom stereocenters. The highest BCUT2D eigenvalue weighted by Crippen LogP contribution is 2.44. The van der Waals surface area contributed by atoms with Crippen molar-refractivity contribution in [3.63, 3.8) is 0 Å². The van der Waals surface area contributed by atoms with Gasteiger partial charge in [0.2, 0.25) is 11.9 Å². The van der Waals surface area contributed by atoms with Crippen LogP contribution in [0.3, 0.4) is 0 Å². The van der Waals surface area contributed by atoms with Gasteiger partial charge < -0.3 is 9.13 Å². The molecule has 0 radical (unpaired) electrons. The van der Waals surface area contributed by atoms with Gasteiger partial charge in [0, 0.05) is 66.2 Å². The molecule has 0 aliphatic heterocycles. The van der Waals surface area contributed by atoms with Gasteiger partial charge in [-0.3, -0.25) is 9.13 Å². The van der Waals surface area contributed by atoms with E-state index in [1.54, 1.807) is 0 Å². The summed E-state index contributed by atoms with van der Waals surface area (Å²) in [4.78, 5) is 21.9. The molecule has 0 aliphatic carbocycles. The zero-order valence-electron chi connectivity index (χ0n) is 36.4. The van der Waals surface area contributed by atoms with Crippen LogP contribution < -0.4 is 0 Å². The quantitative estimate of drug-likeness (QED) is 0.173. The van der Waals surface area contributed by atoms with Crippen LogP contribution >= 0.6 is 0 Å². The Labute approximate surface area is 387 Å². The first-order valence-corrected chi connectivity index (χ1v) is 22.9. The Bertz CT molecular complexity index is 4540. The van der Waals surface area contributed by atoms with Gasteiger partial charge in [0.05, 0.1) is 55.2 Å². The van der Waals surface area contributed by atoms with Gasteiger partial charge >= 0.3 is 0 Å². The van der Waals surface area contributed by atoms with Crippen LogP contribution in [0.15, 0.2) is 219 Å². The lowest BCUT2D eigenvalue weighted by atomic mass is 10.1. The van der Waals surface area contributed by atoms with Gasteiger partial charge in [0.1, 0.15) is 0 Å². The average Bonchev–Trinajstić information content (AvgIpc) is 4.14. The molecule has 68 heavy (non-hydrogen) atoms. The summed E-state index contributed by atoms with van der Waals surface area (Å²) in [5.74, 6) is 1.05. The van der Waals surface area contributed by atoms with E-state index >= 15 is 0 Å². The molecule has 6 aromatic heterocycles. The molecular weight excluding hydrogens is 833 g/mol. The van der Waals surface area contributed by atoms with Crippen molar-refractivity contribution in [2.45, 2.75) is 0 Å². The third-order valence-electron chi connectivity index (χ3n) is 13.8. The van der Waals surface area contributed by atoms with Crippen LogP contribution in [-0.2, 0) is 0 Å². The molecular formula is C60H36N8. The number of hydrogen-bond donors (Lipinski definition) is 0. The first-order chi connectivity index (χ1) is 33.8. The molecule has 0 saturated carbocycles. The zero-order chi connectivity index (χ0) is 44.5. The first kappa shape index (κ1) is 36.9. The van der Waals surface area contributed by atoms with Crippen molar-refractivity contribution >= 4 is 98.3 Å². The normalized spacial score (nSPS) is 12.1. The number of aromatic nitrogens is 8. The molecule has 8 nitrogen and oxygen atoms in total. The van der Waals surface area contributed by atoms with E-state index in [9.17, 15) is 0 Å². The van der Waals surface area contributed by atoms with E-state index in [-0.39, 0.29) is 0 Å². The van der Waals surface area contributed by atoms with Gasteiger partial charge in [-0.2, -0.15) is 9.97 Å². The lowest BCUT2D eigenvalue weighted by Gasteiger charge is -2.14. The van der Waals surface area contributed by atoms with Gasteiger partial charge in [0.15, 0.2) is 5.65 Å². The Balaban J connectivity index is 1.08. The third-order valence-corrected chi connectivity index (χ3v) is 13.8. The highest BCUT2D eigenvalue weighted by Gasteiger charge is 2.26. The molecule has 0 fully saturated rings. The maximum atomic E-state index is 5.53. The summed E-state index contributed by atoms with van der Waals surface area (Å²) in [6.45, 7) is 0. The molecule has 0 spiro atoms. The van der Waals surface area contributed by atoms with E-state index in [0.29, 0.717) is 17.5 Å². The third kappa shape index (κ3) is 5.08. The largest absolute Gasteiger partial charge is 0.307 e. The molecule has 9 aromatic carbocycles. The lowest BCUT2D eigenvalue weighted by Crippen LogP contribution is -2.08. The maximum absolute atomic E-state index is 5.53. The Morgan fingerprint density at radius 3 is 1.07 bits per heavy atom. The summed E-state index contributed by atoms with van der Waals surface area (Å²) in [6, 6.07) is 75.1. The van der Waals surface area contributed by atoms with Crippen molar-refractivity contribution in [3.05, 3.63) is 219 Å². The van der Waals surface area contributed by atoms with Gasteiger partial charge in [-0.1, -0.05) is 164 Å². The summed E-state index contributed by atoms with van der Waals surface area (Å²) < 4.78 is 9.26. The number of hydrogen-bond acceptors (Lipinski definition) is 4. The van der Waals surface area contributed by atoms with Crippen molar-refractivity contribution in [1.82, 2.24) is 38.2 Å². The van der Waals surface area contributed by atoms with Crippen molar-refractivity contribution in [1.29, 1.82) is 0 Å². The predicted molar refractivity (Wildman–Crippen MR) is 278 cm³/mol. The van der Waals surface area contributed by atoms with E-state index in [0.717, 1.165) is 104 Å². The van der Waals surface area contributed by atoms with Gasteiger partial charge in [-0.15, -0.1) is 0 Å². The van der Waals surface area contributed by atoms with Crippen LogP contribution in [0.1, 0.15) is 0 Å². The Morgan fingerprint density at radius 2 is 0.618 bits per heavy atom. The van der Waals surface area contributed by atoms with E-state index < -0.39 is 0 Å². The Morgan fingerprint density at radius 1 is 0.265 bits per heavy atom. The molecule has 0 N–H and O–H groups in total. The fourth-order valence-electron chi connectivity index (χ4n) is 11.0. The van der Waals surface area contributed by atoms with Crippen molar-refractivity contribution < 1.29 is 0 Å². The number of benzene rings is 9. The van der Waals surface area contributed by atoms with Crippen LogP contribution in [0, 0.1) is 0 Å². The van der Waals surface area contributed by atoms with Crippen LogP contribution in [0.5, 0.6) is 0 Å². The van der Waals surface area contributed by atoms with E-state index in [1.807, 2.05) is 12.3 Å². The Kier molecular flexibility index (Phi) is 7.62. The van der Waals surface area contributed by atoms with Crippen molar-refractivity contribution in [3.8, 4) is 34.5 Å². The fraction of sp³-hybridized carbons (Fsp3) is 0. The molecule has 0 saturated heterocycles. The number of nitrogens with zero attached hydrogens (tertiary/aromatic N) is 8. The van der Waals surface area contributed by atoms with Crippen LogP contribution in [-0.4, -0.2) is 38.2 Å². The highest BCUT2D eigenvalue weighted by atomic mass is 15.2. The number of para-hydroxylation sites is 6. The summed E-state index contributed by atoms with van der Waals surface area (Å²) in [7, 11) is 0. The van der Waals surface area contributed by atoms with E-state index in [4.69, 9.17) is 19.9 Å². The van der Waals surface area contributed by atoms with Crippen molar-refractivity contribution in [2.75, 3.05) is 0 Å². The van der Waals surface area contributed by atoms with Crippen LogP contribution in [0.2, 0.25) is 0 Å². The minimum atomic E-state index is 0.526. The summed E-state index contributed by atoms with van der Waals surface area (Å²) in [5, 5.41) is 9.90. The molecule has 0 amide bonds. The SMILES string of the molecule is c1ccc(-c2nc(-n3c4ccccc4c4ccc5c6ccccc6n(-c6ccccc6)c5c43)nc3nc(-n4c5ccccc5c5ccc6c7ccccc7n(-c7ccccc7)c6c54)ncc23)cc1. The molecule has 8 heteroatoms. The molecule has 15 aromatic rings. The molecule has 15 rings (SSSR count). The fourth-order valence-corrected chi connectivity index (χ4v) is 11.0. The minimum Gasteiger partial charge on any atom is -0.307 e. The van der Waals surface area contributed by atoms with E-state index in [2.05, 4.69) is 225 Å². The minimum absolute atomic E-state index is 0.526. The standard InChI is InChI=1S/C60H36N8/c1-4-18-37(19-5-1)53-48-36-61-59(67-51-30-16-12-26-42(51)46-34-32-44-40-24-10-14-28-49(40)65(54(44)56(46)67)38-20-6-2-7-21-38)63-58(48)64-60(62-53)68-52-31-17-13-27-43(52)47-35-33-45-41-25-11-15-29-50(41)66(55(45)57(47)68)39-22-8-3-9-23-39/h1-36H. The number of rotatable bonds is 5. The Hall–Kier alpha value is -9.40. The maximum Gasteiger partial charge on any atom is 0.237 e. The second kappa shape index (κ2) is 14.1. The summed E-state index contributed by atoms with van der Waals surface area (Å²) >= 11 is 0. The molecule has 6 heterocycles. The van der Waals surface area contributed by atoms with Gasteiger partial charge in [0.25, 0.3) is 0 Å². The summed E-state index contributed by atoms with van der Waals surface area (Å²) in [6.07, 6.45) is 1.91. The van der Waals surface area contributed by atoms with Crippen LogP contribution in [0.25, 0.3) is 133 Å². The smallest absolute Gasteiger partial charge is 0.237 e. The highest BCUT2D eigenvalue weighted by molar-refractivity contribution is 6.25.